The number of aromatic nitrogens is 2. The molecule has 23 heteroatoms. The zero-order valence-corrected chi connectivity index (χ0v) is 42.3. The number of benzene rings is 4. The maximum Gasteiger partial charge on any atom is 1.00 e. The standard InChI is InChI=1S/C47H44N10O11.2Na/c1-56-25-35(21-37(56)45(66)50-31-11-3-7-27(15-31)17-39(58)48-23-41(60)61)52-43(64)29-9-5-13-33(19-29)54-47(68)55-34-14-6-10-30(20-34)44(65)53-36-22-38(57(2)26-36)46(67)51-32-12-4-8-28(16-32)18-40(59)49-24-42(62)63;;/h3-16,19-22,25-26H,17-18,23-24H2,1-2H3,(H,48,58)(H,49,59)(H,50,66)(H,51,67)(H,52,64)(H,53,65)(H,60,61)(H,62,63)(H2,54,55,68);;/q;2*+1/p-2. The Morgan fingerprint density at radius 3 is 1.14 bits per heavy atom. The number of amides is 8. The molecule has 21 nitrogen and oxygen atoms in total. The number of aryl methyl sites for hydroxylation is 2. The molecule has 0 radical (unpaired) electrons. The SMILES string of the molecule is Cn1cc(NC(=O)c2cccc(NC(=O)Nc3cccc(C(=O)Nc4cc(C(=O)Nc5cccc(CC(=O)NCC(=O)[O-])c5)n(C)c4)c3)c2)cc1C(=O)Nc1cccc(CC(=O)NCC(=O)[O-])c1.[Na+].[Na+]. The predicted molar refractivity (Wildman–Crippen MR) is 244 cm³/mol. The molecule has 4 aromatic carbocycles. The van der Waals surface area contributed by atoms with Crippen molar-refractivity contribution in [3.63, 3.8) is 0 Å². The van der Waals surface area contributed by atoms with Crippen LogP contribution < -0.4 is 112 Å². The van der Waals surface area contributed by atoms with E-state index in [2.05, 4.69) is 42.5 Å². The average Bonchev–Trinajstić information content (AvgIpc) is 3.85. The van der Waals surface area contributed by atoms with Gasteiger partial charge in [-0.25, -0.2) is 4.79 Å². The van der Waals surface area contributed by atoms with E-state index in [1.165, 1.54) is 57.9 Å². The molecule has 8 N–H and O–H groups in total. The largest absolute Gasteiger partial charge is 1.00 e. The van der Waals surface area contributed by atoms with Gasteiger partial charge < -0.3 is 71.5 Å². The molecule has 0 fully saturated rings. The van der Waals surface area contributed by atoms with Crippen molar-refractivity contribution in [2.24, 2.45) is 14.1 Å². The summed E-state index contributed by atoms with van der Waals surface area (Å²) < 4.78 is 3.01. The monoisotopic (exact) mass is 968 g/mol. The van der Waals surface area contributed by atoms with Crippen LogP contribution in [-0.2, 0) is 46.1 Å². The summed E-state index contributed by atoms with van der Waals surface area (Å²) in [6.45, 7) is -1.25. The van der Waals surface area contributed by atoms with Crippen LogP contribution in [0.2, 0.25) is 0 Å². The molecular weight excluding hydrogens is 927 g/mol. The van der Waals surface area contributed by atoms with Crippen LogP contribution in [0.5, 0.6) is 0 Å². The summed E-state index contributed by atoms with van der Waals surface area (Å²) >= 11 is 0. The van der Waals surface area contributed by atoms with Gasteiger partial charge in [-0.05, 0) is 83.9 Å². The maximum absolute atomic E-state index is 13.3. The molecule has 0 saturated carbocycles. The van der Waals surface area contributed by atoms with Gasteiger partial charge in [0.25, 0.3) is 23.6 Å². The van der Waals surface area contributed by atoms with E-state index >= 15 is 0 Å². The van der Waals surface area contributed by atoms with E-state index in [9.17, 15) is 53.4 Å². The van der Waals surface area contributed by atoms with Crippen LogP contribution in [-0.4, -0.2) is 75.6 Å². The Kier molecular flexibility index (Phi) is 20.2. The van der Waals surface area contributed by atoms with Gasteiger partial charge in [0.05, 0.1) is 49.2 Å². The van der Waals surface area contributed by atoms with Gasteiger partial charge in [0.1, 0.15) is 11.4 Å². The number of hydrogen-bond acceptors (Lipinski definition) is 11. The first-order valence-electron chi connectivity index (χ1n) is 20.4. The third kappa shape index (κ3) is 16.3. The molecule has 0 aliphatic carbocycles. The molecule has 70 heavy (non-hydrogen) atoms. The molecule has 0 aliphatic rings. The number of nitrogens with zero attached hydrogens (tertiary/aromatic N) is 2. The Bertz CT molecular complexity index is 2780. The molecule has 0 bridgehead atoms. The molecule has 2 aromatic heterocycles. The molecule has 0 unspecified atom stereocenters. The van der Waals surface area contributed by atoms with E-state index in [1.54, 1.807) is 86.9 Å². The average molecular weight is 969 g/mol. The second-order valence-corrected chi connectivity index (χ2v) is 15.1. The van der Waals surface area contributed by atoms with Crippen LogP contribution in [0.4, 0.5) is 38.9 Å². The van der Waals surface area contributed by atoms with Gasteiger partial charge in [-0.3, -0.25) is 28.8 Å². The van der Waals surface area contributed by atoms with Gasteiger partial charge in [-0.1, -0.05) is 36.4 Å². The van der Waals surface area contributed by atoms with E-state index < -0.39 is 66.5 Å². The van der Waals surface area contributed by atoms with Crippen molar-refractivity contribution >= 4 is 87.5 Å². The molecule has 6 aromatic rings. The number of carbonyl (C=O) groups excluding carboxylic acids is 9. The Labute approximate surface area is 443 Å². The van der Waals surface area contributed by atoms with E-state index in [-0.39, 0.29) is 106 Å². The normalized spacial score (nSPS) is 10.2. The van der Waals surface area contributed by atoms with Crippen LogP contribution in [0.1, 0.15) is 52.8 Å². The van der Waals surface area contributed by atoms with Gasteiger partial charge in [0.15, 0.2) is 0 Å². The quantitative estimate of drug-likeness (QED) is 0.0383. The predicted octanol–water partition coefficient (Wildman–Crippen LogP) is -4.16. The number of rotatable bonds is 18. The summed E-state index contributed by atoms with van der Waals surface area (Å²) in [7, 11) is 3.22. The minimum absolute atomic E-state index is 0. The second-order valence-electron chi connectivity index (χ2n) is 15.1. The fourth-order valence-electron chi connectivity index (χ4n) is 6.64. The molecule has 0 aliphatic heterocycles. The minimum Gasteiger partial charge on any atom is -0.548 e. The summed E-state index contributed by atoms with van der Waals surface area (Å²) in [4.78, 5) is 111. The van der Waals surface area contributed by atoms with E-state index in [4.69, 9.17) is 0 Å². The fourth-order valence-corrected chi connectivity index (χ4v) is 6.64. The number of urea groups is 1. The molecule has 0 atom stereocenters. The fraction of sp³-hybridized carbons (Fsp3) is 0.128. The zero-order chi connectivity index (χ0) is 48.9. The van der Waals surface area contributed by atoms with E-state index in [0.717, 1.165) is 0 Å². The summed E-state index contributed by atoms with van der Waals surface area (Å²) in [5, 5.41) is 41.9. The Balaban J connectivity index is 0.00000533. The van der Waals surface area contributed by atoms with Crippen LogP contribution in [0.3, 0.4) is 0 Å². The Hall–Kier alpha value is -7.53. The summed E-state index contributed by atoms with van der Waals surface area (Å²) in [5.41, 5.74) is 3.72. The summed E-state index contributed by atoms with van der Waals surface area (Å²) in [6, 6.07) is 27.4. The molecule has 0 saturated heterocycles. The Morgan fingerprint density at radius 1 is 0.429 bits per heavy atom. The molecular formula is C47H42N10Na2O11. The van der Waals surface area contributed by atoms with Crippen LogP contribution in [0, 0.1) is 0 Å². The van der Waals surface area contributed by atoms with Crippen molar-refractivity contribution in [2.75, 3.05) is 45.0 Å². The van der Waals surface area contributed by atoms with Crippen molar-refractivity contribution in [1.29, 1.82) is 0 Å². The number of hydrogen-bond donors (Lipinski definition) is 8. The summed E-state index contributed by atoms with van der Waals surface area (Å²) in [6.07, 6.45) is 2.83. The first-order valence-corrected chi connectivity index (χ1v) is 20.4. The van der Waals surface area contributed by atoms with E-state index in [1.807, 2.05) is 0 Å². The molecule has 2 heterocycles. The first kappa shape index (κ1) is 55.1. The smallest absolute Gasteiger partial charge is 0.548 e. The number of carboxylic acids is 2. The van der Waals surface area contributed by atoms with E-state index in [0.29, 0.717) is 33.9 Å². The minimum atomic E-state index is -1.42. The molecule has 8 amide bonds. The van der Waals surface area contributed by atoms with Gasteiger partial charge >= 0.3 is 65.1 Å². The second kappa shape index (κ2) is 25.7. The molecule has 0 spiro atoms. The Morgan fingerprint density at radius 2 is 0.771 bits per heavy atom. The van der Waals surface area contributed by atoms with Crippen LogP contribution >= 0.6 is 0 Å². The molecule has 6 rings (SSSR count). The number of aliphatic carboxylic acids is 2. The summed E-state index contributed by atoms with van der Waals surface area (Å²) in [5.74, 6) is -6.00. The van der Waals surface area contributed by atoms with Crippen molar-refractivity contribution in [1.82, 2.24) is 19.8 Å². The third-order valence-corrected chi connectivity index (χ3v) is 9.72. The molecule has 348 valence electrons. The van der Waals surface area contributed by atoms with Crippen molar-refractivity contribution < 1.29 is 112 Å². The number of carbonyl (C=O) groups is 9. The number of carboxylic acid groups (broad SMARTS) is 2. The first-order chi connectivity index (χ1) is 32.5. The van der Waals surface area contributed by atoms with Crippen molar-refractivity contribution in [2.45, 2.75) is 12.8 Å². The number of nitrogens with one attached hydrogen (secondary N) is 8. The van der Waals surface area contributed by atoms with Crippen molar-refractivity contribution in [3.05, 3.63) is 155 Å². The topological polar surface area (TPSA) is 306 Å². The van der Waals surface area contributed by atoms with Crippen LogP contribution in [0.25, 0.3) is 0 Å². The van der Waals surface area contributed by atoms with Gasteiger partial charge in [-0.2, -0.15) is 0 Å². The van der Waals surface area contributed by atoms with Gasteiger partial charge in [0, 0.05) is 60.4 Å². The van der Waals surface area contributed by atoms with Crippen molar-refractivity contribution in [3.8, 4) is 0 Å². The third-order valence-electron chi connectivity index (χ3n) is 9.72. The van der Waals surface area contributed by atoms with Gasteiger partial charge in [-0.15, -0.1) is 0 Å². The van der Waals surface area contributed by atoms with Crippen LogP contribution in [0.15, 0.2) is 122 Å². The number of anilines is 6. The maximum atomic E-state index is 13.3. The zero-order valence-electron chi connectivity index (χ0n) is 38.3. The van der Waals surface area contributed by atoms with Gasteiger partial charge in [0.2, 0.25) is 11.8 Å².